The van der Waals surface area contributed by atoms with E-state index in [2.05, 4.69) is 6.58 Å². The Morgan fingerprint density at radius 1 is 1.88 bits per heavy atom. The summed E-state index contributed by atoms with van der Waals surface area (Å²) in [7, 11) is 0. The molecule has 0 heterocycles. The summed E-state index contributed by atoms with van der Waals surface area (Å²) in [5, 5.41) is 0. The van der Waals surface area contributed by atoms with Crippen LogP contribution in [0, 0.1) is 5.92 Å². The van der Waals surface area contributed by atoms with Crippen LogP contribution in [0.5, 0.6) is 0 Å². The summed E-state index contributed by atoms with van der Waals surface area (Å²) < 4.78 is 0. The zero-order valence-corrected chi connectivity index (χ0v) is 5.48. The smallest absolute Gasteiger partial charge is 0.132 e. The molecule has 0 radical (unpaired) electrons. The number of hydrogen-bond donors (Lipinski definition) is 0. The van der Waals surface area contributed by atoms with Crippen LogP contribution in [0.4, 0.5) is 0 Å². The van der Waals surface area contributed by atoms with Crippen molar-refractivity contribution in [1.29, 1.82) is 0 Å². The van der Waals surface area contributed by atoms with E-state index in [1.54, 1.807) is 13.0 Å². The summed E-state index contributed by atoms with van der Waals surface area (Å²) in [5.74, 6) is 0.400. The lowest BCUT2D eigenvalue weighted by molar-refractivity contribution is -0.120. The third-order valence-corrected chi connectivity index (χ3v) is 1.21. The van der Waals surface area contributed by atoms with Gasteiger partial charge in [-0.25, -0.2) is 0 Å². The highest BCUT2D eigenvalue weighted by atomic mass is 16.1. The summed E-state index contributed by atoms with van der Waals surface area (Å²) in [6.45, 7) is 7.04. The molecule has 0 aromatic carbocycles. The number of ketones is 1. The van der Waals surface area contributed by atoms with Gasteiger partial charge in [-0.15, -0.1) is 6.58 Å². The molecule has 1 heteroatoms. The van der Waals surface area contributed by atoms with Gasteiger partial charge >= 0.3 is 0 Å². The van der Waals surface area contributed by atoms with Crippen molar-refractivity contribution < 1.29 is 4.79 Å². The first kappa shape index (κ1) is 7.41. The third-order valence-electron chi connectivity index (χ3n) is 1.21. The van der Waals surface area contributed by atoms with Gasteiger partial charge in [0.25, 0.3) is 0 Å². The molecule has 8 heavy (non-hydrogen) atoms. The topological polar surface area (TPSA) is 17.1 Å². The molecule has 0 saturated heterocycles. The van der Waals surface area contributed by atoms with Crippen LogP contribution in [0.15, 0.2) is 12.7 Å². The van der Waals surface area contributed by atoms with Gasteiger partial charge in [0.15, 0.2) is 0 Å². The Labute approximate surface area is 50.4 Å². The van der Waals surface area contributed by atoms with Crippen molar-refractivity contribution in [2.75, 3.05) is 0 Å². The second kappa shape index (κ2) is 3.42. The van der Waals surface area contributed by atoms with Gasteiger partial charge in [-0.2, -0.15) is 0 Å². The van der Waals surface area contributed by atoms with Gasteiger partial charge in [0.05, 0.1) is 0 Å². The number of hydrogen-bond acceptors (Lipinski definition) is 1. The lowest BCUT2D eigenvalue weighted by atomic mass is 10.0. The molecule has 0 aliphatic carbocycles. The van der Waals surface area contributed by atoms with Gasteiger partial charge < -0.3 is 0 Å². The molecule has 0 spiro atoms. The molecule has 1 atom stereocenters. The zero-order chi connectivity index (χ0) is 6.57. The predicted octanol–water partition coefficient (Wildman–Crippen LogP) is 1.79. The van der Waals surface area contributed by atoms with Crippen molar-refractivity contribution >= 4 is 5.78 Å². The molecular formula is C7H12O. The van der Waals surface area contributed by atoms with E-state index >= 15 is 0 Å². The first-order chi connectivity index (χ1) is 3.68. The highest BCUT2D eigenvalue weighted by Crippen LogP contribution is 2.01. The molecule has 0 saturated carbocycles. The summed E-state index contributed by atoms with van der Waals surface area (Å²) in [4.78, 5) is 10.5. The Kier molecular flexibility index (Phi) is 3.16. The molecule has 0 N–H and O–H groups in total. The largest absolute Gasteiger partial charge is 0.300 e. The first-order valence-electron chi connectivity index (χ1n) is 2.79. The predicted molar refractivity (Wildman–Crippen MR) is 34.7 cm³/mol. The minimum atomic E-state index is 0.160. The molecule has 0 aromatic rings. The molecule has 0 bridgehead atoms. The minimum Gasteiger partial charge on any atom is -0.300 e. The van der Waals surface area contributed by atoms with E-state index in [4.69, 9.17) is 0 Å². The van der Waals surface area contributed by atoms with Crippen LogP contribution in [-0.4, -0.2) is 5.78 Å². The number of Topliss-reactive ketones (excluding diaryl/α,β-unsaturated/α-hetero) is 1. The van der Waals surface area contributed by atoms with E-state index < -0.39 is 0 Å². The van der Waals surface area contributed by atoms with Gasteiger partial charge in [0.2, 0.25) is 0 Å². The molecule has 46 valence electrons. The summed E-state index contributed by atoms with van der Waals surface area (Å²) in [5.41, 5.74) is 0. The highest BCUT2D eigenvalue weighted by molar-refractivity contribution is 5.77. The van der Waals surface area contributed by atoms with Crippen LogP contribution in [0.2, 0.25) is 0 Å². The minimum absolute atomic E-state index is 0.160. The average Bonchev–Trinajstić information content (AvgIpc) is 1.67. The monoisotopic (exact) mass is 112 g/mol. The molecule has 0 unspecified atom stereocenters. The van der Waals surface area contributed by atoms with Gasteiger partial charge in [-0.3, -0.25) is 4.79 Å². The number of carbonyl (C=O) groups is 1. The van der Waals surface area contributed by atoms with Crippen LogP contribution in [0.25, 0.3) is 0 Å². The lowest BCUT2D eigenvalue weighted by Crippen LogP contribution is -2.03. The fraction of sp³-hybridized carbons (Fsp3) is 0.571. The first-order valence-corrected chi connectivity index (χ1v) is 2.79. The summed E-state index contributed by atoms with van der Waals surface area (Å²) in [6, 6.07) is 0. The Morgan fingerprint density at radius 2 is 2.38 bits per heavy atom. The van der Waals surface area contributed by atoms with E-state index in [0.717, 1.165) is 6.42 Å². The van der Waals surface area contributed by atoms with Gasteiger partial charge in [-0.05, 0) is 13.3 Å². The zero-order valence-electron chi connectivity index (χ0n) is 5.48. The van der Waals surface area contributed by atoms with Crippen molar-refractivity contribution in [2.45, 2.75) is 20.3 Å². The Hall–Kier alpha value is -0.590. The average molecular weight is 112 g/mol. The molecule has 0 aliphatic rings. The fourth-order valence-electron chi connectivity index (χ4n) is 0.416. The Balaban J connectivity index is 3.46. The molecule has 1 nitrogen and oxygen atoms in total. The standard InChI is InChI=1S/C7H12O/c1-4-5-6(2)7(3)8/h4,6H,1,5H2,2-3H3/t6-/m1/s1. The molecule has 0 amide bonds. The van der Waals surface area contributed by atoms with E-state index in [9.17, 15) is 4.79 Å². The van der Waals surface area contributed by atoms with E-state index in [0.29, 0.717) is 0 Å². The fourth-order valence-corrected chi connectivity index (χ4v) is 0.416. The normalized spacial score (nSPS) is 12.8. The van der Waals surface area contributed by atoms with Crippen molar-refractivity contribution in [3.05, 3.63) is 12.7 Å². The maximum Gasteiger partial charge on any atom is 0.132 e. The van der Waals surface area contributed by atoms with Crippen LogP contribution >= 0.6 is 0 Å². The maximum atomic E-state index is 10.5. The Bertz CT molecular complexity index is 94.6. The Morgan fingerprint density at radius 3 is 2.50 bits per heavy atom. The van der Waals surface area contributed by atoms with Crippen molar-refractivity contribution in [2.24, 2.45) is 5.92 Å². The van der Waals surface area contributed by atoms with Crippen LogP contribution in [-0.2, 0) is 4.79 Å². The van der Waals surface area contributed by atoms with Crippen molar-refractivity contribution in [1.82, 2.24) is 0 Å². The molecule has 0 aromatic heterocycles. The molecular weight excluding hydrogens is 100 g/mol. The van der Waals surface area contributed by atoms with Crippen molar-refractivity contribution in [3.63, 3.8) is 0 Å². The number of carbonyl (C=O) groups excluding carboxylic acids is 1. The van der Waals surface area contributed by atoms with Gasteiger partial charge in [-0.1, -0.05) is 13.0 Å². The van der Waals surface area contributed by atoms with Gasteiger partial charge in [0, 0.05) is 5.92 Å². The van der Waals surface area contributed by atoms with E-state index in [1.165, 1.54) is 0 Å². The third kappa shape index (κ3) is 2.56. The molecule has 0 rings (SSSR count). The van der Waals surface area contributed by atoms with Crippen LogP contribution in [0.3, 0.4) is 0 Å². The van der Waals surface area contributed by atoms with Crippen molar-refractivity contribution in [3.8, 4) is 0 Å². The summed E-state index contributed by atoms with van der Waals surface area (Å²) in [6.07, 6.45) is 2.57. The second-order valence-corrected chi connectivity index (χ2v) is 2.04. The van der Waals surface area contributed by atoms with E-state index in [-0.39, 0.29) is 11.7 Å². The quantitative estimate of drug-likeness (QED) is 0.509. The summed E-state index contributed by atoms with van der Waals surface area (Å²) >= 11 is 0. The molecule has 0 fully saturated rings. The highest BCUT2D eigenvalue weighted by Gasteiger charge is 2.02. The SMILES string of the molecule is C=CC[C@@H](C)C(C)=O. The lowest BCUT2D eigenvalue weighted by Gasteiger charge is -1.99. The number of allylic oxidation sites excluding steroid dienone is 1. The maximum absolute atomic E-state index is 10.5. The second-order valence-electron chi connectivity index (χ2n) is 2.04. The van der Waals surface area contributed by atoms with Gasteiger partial charge in [0.1, 0.15) is 5.78 Å². The van der Waals surface area contributed by atoms with Crippen LogP contribution < -0.4 is 0 Å². The van der Waals surface area contributed by atoms with Crippen LogP contribution in [0.1, 0.15) is 20.3 Å². The molecule has 0 aliphatic heterocycles. The van der Waals surface area contributed by atoms with E-state index in [1.807, 2.05) is 6.92 Å². The number of rotatable bonds is 3.